The van der Waals surface area contributed by atoms with Crippen molar-refractivity contribution >= 4 is 27.9 Å². The quantitative estimate of drug-likeness (QED) is 0.568. The van der Waals surface area contributed by atoms with Gasteiger partial charge in [0, 0.05) is 4.47 Å². The summed E-state index contributed by atoms with van der Waals surface area (Å²) in [5, 5.41) is 0. The molecule has 0 spiro atoms. The number of carbonyl (C=O) groups is 2. The molecule has 1 heterocycles. The van der Waals surface area contributed by atoms with Crippen molar-refractivity contribution < 1.29 is 19.1 Å². The van der Waals surface area contributed by atoms with E-state index >= 15 is 0 Å². The molecule has 1 aliphatic rings. The molecule has 4 nitrogen and oxygen atoms in total. The van der Waals surface area contributed by atoms with Gasteiger partial charge < -0.3 is 9.47 Å². The molecular weight excluding hydrogens is 252 g/mol. The van der Waals surface area contributed by atoms with Crippen molar-refractivity contribution in [3.63, 3.8) is 0 Å². The van der Waals surface area contributed by atoms with Crippen LogP contribution in [0.25, 0.3) is 0 Å². The first-order valence-electron chi connectivity index (χ1n) is 3.77. The van der Waals surface area contributed by atoms with Crippen LogP contribution in [0, 0.1) is 0 Å². The molecule has 1 aliphatic heterocycles. The first-order valence-corrected chi connectivity index (χ1v) is 4.57. The Morgan fingerprint density at radius 2 is 2.00 bits per heavy atom. The van der Waals surface area contributed by atoms with E-state index in [4.69, 9.17) is 4.74 Å². The van der Waals surface area contributed by atoms with Crippen LogP contribution in [0.3, 0.4) is 0 Å². The first-order chi connectivity index (χ1) is 6.63. The van der Waals surface area contributed by atoms with Crippen LogP contribution in [-0.2, 0) is 4.74 Å². The zero-order chi connectivity index (χ0) is 10.3. The predicted molar refractivity (Wildman–Crippen MR) is 50.4 cm³/mol. The van der Waals surface area contributed by atoms with Crippen LogP contribution in [0.1, 0.15) is 20.7 Å². The summed E-state index contributed by atoms with van der Waals surface area (Å²) in [6.07, 6.45) is 0. The molecule has 14 heavy (non-hydrogen) atoms. The number of halogens is 1. The van der Waals surface area contributed by atoms with Crippen LogP contribution >= 0.6 is 15.9 Å². The monoisotopic (exact) mass is 256 g/mol. The number of benzene rings is 1. The van der Waals surface area contributed by atoms with Crippen LogP contribution in [0.4, 0.5) is 0 Å². The Bertz CT molecular complexity index is 439. The van der Waals surface area contributed by atoms with Crippen molar-refractivity contribution in [3.8, 4) is 5.75 Å². The van der Waals surface area contributed by atoms with Crippen molar-refractivity contribution in [1.82, 2.24) is 0 Å². The summed E-state index contributed by atoms with van der Waals surface area (Å²) in [7, 11) is 1.43. The summed E-state index contributed by atoms with van der Waals surface area (Å²) < 4.78 is 10.1. The summed E-state index contributed by atoms with van der Waals surface area (Å²) >= 11 is 3.20. The van der Waals surface area contributed by atoms with Gasteiger partial charge in [-0.1, -0.05) is 15.9 Å². The fraction of sp³-hybridized carbons (Fsp3) is 0.111. The molecule has 0 radical (unpaired) electrons. The van der Waals surface area contributed by atoms with Crippen molar-refractivity contribution in [2.24, 2.45) is 0 Å². The maximum atomic E-state index is 11.2. The van der Waals surface area contributed by atoms with Gasteiger partial charge in [0.2, 0.25) is 0 Å². The van der Waals surface area contributed by atoms with Gasteiger partial charge in [0.1, 0.15) is 11.3 Å². The fourth-order valence-electron chi connectivity index (χ4n) is 1.30. The van der Waals surface area contributed by atoms with E-state index in [0.717, 1.165) is 0 Å². The van der Waals surface area contributed by atoms with E-state index in [1.54, 1.807) is 6.07 Å². The van der Waals surface area contributed by atoms with Gasteiger partial charge in [0.15, 0.2) is 0 Å². The topological polar surface area (TPSA) is 52.6 Å². The lowest BCUT2D eigenvalue weighted by molar-refractivity contribution is 0.0443. The number of ether oxygens (including phenoxy) is 2. The summed E-state index contributed by atoms with van der Waals surface area (Å²) in [5.41, 5.74) is 0.432. The van der Waals surface area contributed by atoms with E-state index in [2.05, 4.69) is 20.7 Å². The second-order valence-electron chi connectivity index (χ2n) is 2.71. The molecule has 0 atom stereocenters. The Labute approximate surface area is 87.9 Å². The first kappa shape index (κ1) is 9.21. The molecule has 0 aliphatic carbocycles. The van der Waals surface area contributed by atoms with Crippen LogP contribution in [0.5, 0.6) is 5.75 Å². The highest BCUT2D eigenvalue weighted by atomic mass is 79.9. The van der Waals surface area contributed by atoms with E-state index in [-0.39, 0.29) is 11.1 Å². The second-order valence-corrected chi connectivity index (χ2v) is 3.62. The number of rotatable bonds is 1. The average molecular weight is 257 g/mol. The minimum absolute atomic E-state index is 0.195. The van der Waals surface area contributed by atoms with Crippen LogP contribution < -0.4 is 4.74 Å². The smallest absolute Gasteiger partial charge is 0.350 e. The molecule has 5 heteroatoms. The zero-order valence-electron chi connectivity index (χ0n) is 7.17. The number of fused-ring (bicyclic) bond motifs is 1. The highest BCUT2D eigenvalue weighted by molar-refractivity contribution is 9.10. The molecule has 1 aromatic carbocycles. The third kappa shape index (κ3) is 1.21. The minimum Gasteiger partial charge on any atom is -0.496 e. The van der Waals surface area contributed by atoms with Crippen molar-refractivity contribution in [2.75, 3.05) is 7.11 Å². The fourth-order valence-corrected chi connectivity index (χ4v) is 1.74. The predicted octanol–water partition coefficient (Wildman–Crippen LogP) is 1.77. The SMILES string of the molecule is COc1cc(Br)cc2c1C(=O)OC2=O. The summed E-state index contributed by atoms with van der Waals surface area (Å²) in [5.74, 6) is -0.954. The molecule has 72 valence electrons. The number of carbonyl (C=O) groups excluding carboxylic acids is 2. The van der Waals surface area contributed by atoms with Gasteiger partial charge in [-0.15, -0.1) is 0 Å². The molecule has 2 rings (SSSR count). The zero-order valence-corrected chi connectivity index (χ0v) is 8.75. The molecule has 1 aromatic rings. The van der Waals surface area contributed by atoms with E-state index < -0.39 is 11.9 Å². The average Bonchev–Trinajstić information content (AvgIpc) is 2.41. The molecule has 0 aromatic heterocycles. The van der Waals surface area contributed by atoms with Gasteiger partial charge in [-0.25, -0.2) is 9.59 Å². The maximum Gasteiger partial charge on any atom is 0.350 e. The van der Waals surface area contributed by atoms with Crippen molar-refractivity contribution in [3.05, 3.63) is 27.7 Å². The Balaban J connectivity index is 2.73. The normalized spacial score (nSPS) is 13.9. The van der Waals surface area contributed by atoms with E-state index in [1.165, 1.54) is 13.2 Å². The molecule has 0 amide bonds. The van der Waals surface area contributed by atoms with Crippen molar-refractivity contribution in [1.29, 1.82) is 0 Å². The lowest BCUT2D eigenvalue weighted by Gasteiger charge is -2.03. The standard InChI is InChI=1S/C9H5BrO4/c1-13-6-3-4(10)2-5-7(6)9(12)14-8(5)11/h2-3H,1H3. The summed E-state index contributed by atoms with van der Waals surface area (Å²) in [4.78, 5) is 22.4. The maximum absolute atomic E-state index is 11.2. The van der Waals surface area contributed by atoms with E-state index in [9.17, 15) is 9.59 Å². The Hall–Kier alpha value is -1.36. The molecule has 0 unspecified atom stereocenters. The van der Waals surface area contributed by atoms with Crippen LogP contribution in [-0.4, -0.2) is 19.0 Å². The van der Waals surface area contributed by atoms with Gasteiger partial charge in [0.25, 0.3) is 0 Å². The lowest BCUT2D eigenvalue weighted by Crippen LogP contribution is -1.98. The number of hydrogen-bond donors (Lipinski definition) is 0. The highest BCUT2D eigenvalue weighted by Crippen LogP contribution is 2.32. The Kier molecular flexibility index (Phi) is 2.03. The Morgan fingerprint density at radius 3 is 2.64 bits per heavy atom. The Morgan fingerprint density at radius 1 is 1.29 bits per heavy atom. The van der Waals surface area contributed by atoms with Crippen LogP contribution in [0.2, 0.25) is 0 Å². The number of esters is 2. The largest absolute Gasteiger partial charge is 0.496 e. The van der Waals surface area contributed by atoms with Gasteiger partial charge in [-0.3, -0.25) is 0 Å². The number of hydrogen-bond acceptors (Lipinski definition) is 4. The molecular formula is C9H5BrO4. The van der Waals surface area contributed by atoms with Crippen molar-refractivity contribution in [2.45, 2.75) is 0 Å². The van der Waals surface area contributed by atoms with E-state index in [1.807, 2.05) is 0 Å². The summed E-state index contributed by atoms with van der Waals surface area (Å²) in [6.45, 7) is 0. The summed E-state index contributed by atoms with van der Waals surface area (Å²) in [6, 6.07) is 3.14. The third-order valence-electron chi connectivity index (χ3n) is 1.90. The van der Waals surface area contributed by atoms with Gasteiger partial charge in [-0.05, 0) is 12.1 Å². The minimum atomic E-state index is -0.658. The number of cyclic esters (lactones) is 2. The number of methoxy groups -OCH3 is 1. The molecule has 0 fully saturated rings. The van der Waals surface area contributed by atoms with Crippen LogP contribution in [0.15, 0.2) is 16.6 Å². The van der Waals surface area contributed by atoms with E-state index in [0.29, 0.717) is 10.2 Å². The lowest BCUT2D eigenvalue weighted by atomic mass is 10.1. The molecule has 0 saturated carbocycles. The second kappa shape index (κ2) is 3.09. The molecule has 0 N–H and O–H groups in total. The van der Waals surface area contributed by atoms with Gasteiger partial charge in [-0.2, -0.15) is 0 Å². The molecule has 0 saturated heterocycles. The highest BCUT2D eigenvalue weighted by Gasteiger charge is 2.33. The van der Waals surface area contributed by atoms with Gasteiger partial charge >= 0.3 is 11.9 Å². The van der Waals surface area contributed by atoms with Gasteiger partial charge in [0.05, 0.1) is 12.7 Å². The molecule has 0 bridgehead atoms. The third-order valence-corrected chi connectivity index (χ3v) is 2.35.